The van der Waals surface area contributed by atoms with Crippen molar-refractivity contribution in [3.8, 4) is 17.0 Å². The fourth-order valence-electron chi connectivity index (χ4n) is 5.27. The van der Waals surface area contributed by atoms with Crippen molar-refractivity contribution < 1.29 is 23.8 Å². The predicted molar refractivity (Wildman–Crippen MR) is 149 cm³/mol. The SMILES string of the molecule is Cc1c(-c2cc(OCC(O)(c3ccc(F)cn3)C3CC3)c3c(Cl)cnn3c2)nn2c1CN(C(=O)OC(C)(C)C)CC2. The number of aliphatic hydroxyl groups is 1. The van der Waals surface area contributed by atoms with E-state index in [4.69, 9.17) is 26.2 Å². The molecule has 1 N–H and O–H groups in total. The number of pyridine rings is 2. The first-order valence-electron chi connectivity index (χ1n) is 13.6. The Kier molecular flexibility index (Phi) is 6.69. The molecule has 4 aromatic rings. The zero-order valence-corrected chi connectivity index (χ0v) is 24.2. The van der Waals surface area contributed by atoms with Crippen LogP contribution in [0.2, 0.25) is 5.02 Å². The van der Waals surface area contributed by atoms with E-state index in [1.165, 1.54) is 18.3 Å². The van der Waals surface area contributed by atoms with E-state index >= 15 is 0 Å². The van der Waals surface area contributed by atoms with Crippen LogP contribution in [-0.2, 0) is 23.4 Å². The average Bonchev–Trinajstić information content (AvgIpc) is 3.65. The lowest BCUT2D eigenvalue weighted by Crippen LogP contribution is -2.41. The fourth-order valence-corrected chi connectivity index (χ4v) is 5.50. The predicted octanol–water partition coefficient (Wildman–Crippen LogP) is 5.12. The summed E-state index contributed by atoms with van der Waals surface area (Å²) in [5, 5.41) is 21.3. The van der Waals surface area contributed by atoms with Gasteiger partial charge in [-0.25, -0.2) is 13.7 Å². The van der Waals surface area contributed by atoms with Crippen molar-refractivity contribution in [1.82, 2.24) is 29.3 Å². The minimum atomic E-state index is -1.39. The molecule has 5 heterocycles. The normalized spacial score (nSPS) is 16.9. The Morgan fingerprint density at radius 1 is 1.22 bits per heavy atom. The molecule has 1 fully saturated rings. The summed E-state index contributed by atoms with van der Waals surface area (Å²) >= 11 is 6.49. The number of rotatable bonds is 6. The quantitative estimate of drug-likeness (QED) is 0.336. The molecule has 1 atom stereocenters. The van der Waals surface area contributed by atoms with E-state index in [1.807, 2.05) is 44.6 Å². The summed E-state index contributed by atoms with van der Waals surface area (Å²) in [5.74, 6) is -0.0948. The van der Waals surface area contributed by atoms with Gasteiger partial charge in [0, 0.05) is 23.9 Å². The van der Waals surface area contributed by atoms with Crippen LogP contribution in [0.5, 0.6) is 5.75 Å². The van der Waals surface area contributed by atoms with E-state index in [0.29, 0.717) is 41.6 Å². The third kappa shape index (κ3) is 5.24. The largest absolute Gasteiger partial charge is 0.488 e. The van der Waals surface area contributed by atoms with Gasteiger partial charge in [-0.15, -0.1) is 0 Å². The maximum absolute atomic E-state index is 13.5. The van der Waals surface area contributed by atoms with Gasteiger partial charge in [0.05, 0.1) is 47.6 Å². The van der Waals surface area contributed by atoms with Crippen LogP contribution in [0.3, 0.4) is 0 Å². The first-order chi connectivity index (χ1) is 19.4. The summed E-state index contributed by atoms with van der Waals surface area (Å²) in [6.45, 7) is 8.83. The van der Waals surface area contributed by atoms with Crippen molar-refractivity contribution in [1.29, 1.82) is 0 Å². The Morgan fingerprint density at radius 2 is 2.00 bits per heavy atom. The second-order valence-electron chi connectivity index (χ2n) is 11.8. The zero-order chi connectivity index (χ0) is 29.1. The number of carbonyl (C=O) groups is 1. The van der Waals surface area contributed by atoms with E-state index < -0.39 is 17.0 Å². The van der Waals surface area contributed by atoms with Crippen LogP contribution in [0.1, 0.15) is 50.6 Å². The van der Waals surface area contributed by atoms with Crippen LogP contribution in [0, 0.1) is 18.7 Å². The molecule has 10 nitrogen and oxygen atoms in total. The van der Waals surface area contributed by atoms with Crippen molar-refractivity contribution in [2.45, 2.75) is 64.8 Å². The van der Waals surface area contributed by atoms with E-state index in [1.54, 1.807) is 9.42 Å². The van der Waals surface area contributed by atoms with Gasteiger partial charge in [-0.05, 0) is 64.7 Å². The summed E-state index contributed by atoms with van der Waals surface area (Å²) in [7, 11) is 0. The van der Waals surface area contributed by atoms with Gasteiger partial charge >= 0.3 is 6.09 Å². The molecule has 216 valence electrons. The molecule has 4 aromatic heterocycles. The molecule has 0 radical (unpaired) electrons. The van der Waals surface area contributed by atoms with Gasteiger partial charge in [0.1, 0.15) is 34.9 Å². The van der Waals surface area contributed by atoms with Gasteiger partial charge in [0.2, 0.25) is 0 Å². The lowest BCUT2D eigenvalue weighted by molar-refractivity contribution is -0.0328. The van der Waals surface area contributed by atoms with Crippen LogP contribution in [0.25, 0.3) is 16.8 Å². The monoisotopic (exact) mass is 582 g/mol. The molecule has 0 spiro atoms. The zero-order valence-electron chi connectivity index (χ0n) is 23.4. The highest BCUT2D eigenvalue weighted by molar-refractivity contribution is 6.34. The third-order valence-electron chi connectivity index (χ3n) is 7.57. The highest BCUT2D eigenvalue weighted by Crippen LogP contribution is 2.46. The van der Waals surface area contributed by atoms with Crippen LogP contribution in [-0.4, -0.2) is 59.2 Å². The van der Waals surface area contributed by atoms with Crippen LogP contribution in [0.15, 0.2) is 36.8 Å². The van der Waals surface area contributed by atoms with Crippen LogP contribution < -0.4 is 4.74 Å². The van der Waals surface area contributed by atoms with Crippen LogP contribution in [0.4, 0.5) is 9.18 Å². The average molecular weight is 583 g/mol. The Bertz CT molecular complexity index is 1620. The maximum atomic E-state index is 13.5. The van der Waals surface area contributed by atoms with E-state index in [2.05, 4.69) is 10.1 Å². The summed E-state index contributed by atoms with van der Waals surface area (Å²) in [6, 6.07) is 4.62. The second kappa shape index (κ2) is 9.99. The Morgan fingerprint density at radius 3 is 2.68 bits per heavy atom. The summed E-state index contributed by atoms with van der Waals surface area (Å²) < 4.78 is 28.9. The molecule has 1 amide bonds. The number of amides is 1. The smallest absolute Gasteiger partial charge is 0.410 e. The van der Waals surface area contributed by atoms with E-state index in [9.17, 15) is 14.3 Å². The molecule has 1 unspecified atom stereocenters. The van der Waals surface area contributed by atoms with Crippen molar-refractivity contribution in [3.63, 3.8) is 0 Å². The molecular formula is C29H32ClFN6O4. The fraction of sp³-hybridized carbons (Fsp3) is 0.448. The number of hydrogen-bond acceptors (Lipinski definition) is 7. The molecule has 1 aliphatic carbocycles. The molecule has 0 bridgehead atoms. The van der Waals surface area contributed by atoms with Crippen molar-refractivity contribution in [2.75, 3.05) is 13.2 Å². The maximum Gasteiger partial charge on any atom is 0.410 e. The molecule has 12 heteroatoms. The molecule has 1 saturated carbocycles. The number of fused-ring (bicyclic) bond motifs is 2. The van der Waals surface area contributed by atoms with Crippen molar-refractivity contribution in [2.24, 2.45) is 5.92 Å². The van der Waals surface area contributed by atoms with Crippen LogP contribution >= 0.6 is 11.6 Å². The number of halogens is 2. The number of aromatic nitrogens is 5. The van der Waals surface area contributed by atoms with Gasteiger partial charge < -0.3 is 19.5 Å². The molecule has 6 rings (SSSR count). The summed E-state index contributed by atoms with van der Waals surface area (Å²) in [5.41, 5.74) is 2.26. The number of nitrogens with zero attached hydrogens (tertiary/aromatic N) is 6. The Labute approximate surface area is 241 Å². The first-order valence-corrected chi connectivity index (χ1v) is 14.0. The van der Waals surface area contributed by atoms with Crippen molar-refractivity contribution >= 4 is 23.2 Å². The molecular weight excluding hydrogens is 551 g/mol. The van der Waals surface area contributed by atoms with E-state index in [-0.39, 0.29) is 18.6 Å². The Balaban J connectivity index is 1.32. The third-order valence-corrected chi connectivity index (χ3v) is 7.85. The lowest BCUT2D eigenvalue weighted by Gasteiger charge is -2.30. The topological polar surface area (TPSA) is 107 Å². The highest BCUT2D eigenvalue weighted by Gasteiger charge is 2.47. The van der Waals surface area contributed by atoms with E-state index in [0.717, 1.165) is 41.6 Å². The number of hydrogen-bond donors (Lipinski definition) is 1. The second-order valence-corrected chi connectivity index (χ2v) is 12.2. The van der Waals surface area contributed by atoms with Gasteiger partial charge in [-0.2, -0.15) is 10.2 Å². The number of carbonyl (C=O) groups excluding carboxylic acids is 1. The summed E-state index contributed by atoms with van der Waals surface area (Å²) in [4.78, 5) is 18.6. The minimum Gasteiger partial charge on any atom is -0.488 e. The Hall–Kier alpha value is -3.70. The van der Waals surface area contributed by atoms with Gasteiger partial charge in [-0.1, -0.05) is 11.6 Å². The van der Waals surface area contributed by atoms with Gasteiger partial charge in [0.25, 0.3) is 0 Å². The first kappa shape index (κ1) is 27.5. The molecule has 41 heavy (non-hydrogen) atoms. The minimum absolute atomic E-state index is 0.0462. The molecule has 0 saturated heterocycles. The molecule has 2 aliphatic rings. The molecule has 1 aliphatic heterocycles. The number of ether oxygens (including phenoxy) is 2. The lowest BCUT2D eigenvalue weighted by atomic mass is 9.94. The standard InChI is InChI=1S/C29H32ClFN6O4/c1-17-22-15-35(27(38)41-28(2,3)4)9-10-36(22)34-25(17)18-11-23(26-21(30)13-33-37(26)14-18)40-16-29(39,19-5-6-19)24-8-7-20(31)12-32-24/h7-8,11-14,19,39H,5-6,9-10,15-16H2,1-4H3. The van der Waals surface area contributed by atoms with Crippen molar-refractivity contribution in [3.05, 3.63) is 64.6 Å². The van der Waals surface area contributed by atoms with Gasteiger partial charge in [0.15, 0.2) is 0 Å². The van der Waals surface area contributed by atoms with Gasteiger partial charge in [-0.3, -0.25) is 9.67 Å². The summed E-state index contributed by atoms with van der Waals surface area (Å²) in [6.07, 6.45) is 5.75. The molecule has 0 aromatic carbocycles. The highest BCUT2D eigenvalue weighted by atomic mass is 35.5.